The second-order valence-electron chi connectivity index (χ2n) is 10.5. The molecular weight excluding hydrogens is 456 g/mol. The molecule has 0 saturated carbocycles. The Labute approximate surface area is 209 Å². The Morgan fingerprint density at radius 3 is 1.65 bits per heavy atom. The smallest absolute Gasteiger partial charge is 0.425 e. The number of pyridine rings is 2. The van der Waals surface area contributed by atoms with Gasteiger partial charge >= 0.3 is 5.66 Å². The average Bonchev–Trinajstić information content (AvgIpc) is 3.65. The van der Waals surface area contributed by atoms with Crippen molar-refractivity contribution in [2.75, 3.05) is 0 Å². The van der Waals surface area contributed by atoms with Crippen molar-refractivity contribution in [1.82, 2.24) is 0 Å². The molecule has 0 N–H and O–H groups in total. The Balaban J connectivity index is 1.52. The molecule has 8 aromatic rings. The van der Waals surface area contributed by atoms with Gasteiger partial charge in [-0.15, -0.1) is 9.13 Å². The third kappa shape index (κ3) is 1.55. The van der Waals surface area contributed by atoms with Crippen LogP contribution < -0.4 is 13.9 Å². The number of nitrogens with zero attached hydrogens (tertiary/aromatic N) is 2. The molecule has 5 aromatic carbocycles. The lowest BCUT2D eigenvalue weighted by molar-refractivity contribution is -0.945. The second-order valence-corrected chi connectivity index (χ2v) is 10.5. The Bertz CT molecular complexity index is 2450. The van der Waals surface area contributed by atoms with Crippen molar-refractivity contribution >= 4 is 64.9 Å². The van der Waals surface area contributed by atoms with Gasteiger partial charge in [-0.1, -0.05) is 24.3 Å². The molecule has 3 aliphatic rings. The van der Waals surface area contributed by atoms with Crippen molar-refractivity contribution in [2.24, 2.45) is 0 Å². The maximum Gasteiger partial charge on any atom is 0.425 e. The molecule has 37 heavy (non-hydrogen) atoms. The highest BCUT2D eigenvalue weighted by Crippen LogP contribution is 2.58. The predicted octanol–water partition coefficient (Wildman–Crippen LogP) is 6.80. The molecule has 0 saturated heterocycles. The standard InChI is InChI=1S/C33H16N2O2/c1-2-6-18-17(5-1)19-9-11-25-29-27(19)31-21(18)7-3-13-34(31)33(29)30-26(37-25)12-10-20-23-15-36-16-24(23)22-8-4-14-35(33)32(22)28(20)30/h1-16H/q+2. The van der Waals surface area contributed by atoms with E-state index in [1.165, 1.54) is 65.3 Å². The van der Waals surface area contributed by atoms with Gasteiger partial charge < -0.3 is 9.15 Å². The predicted molar refractivity (Wildman–Crippen MR) is 142 cm³/mol. The van der Waals surface area contributed by atoms with Crippen molar-refractivity contribution in [3.63, 3.8) is 0 Å². The van der Waals surface area contributed by atoms with Crippen LogP contribution >= 0.6 is 0 Å². The first kappa shape index (κ1) is 17.5. The summed E-state index contributed by atoms with van der Waals surface area (Å²) in [5.41, 5.74) is 4.41. The number of fused-ring (bicyclic) bond motifs is 6. The summed E-state index contributed by atoms with van der Waals surface area (Å²) in [5, 5.41) is 12.4. The van der Waals surface area contributed by atoms with E-state index in [1.807, 2.05) is 12.5 Å². The molecule has 3 aliphatic heterocycles. The molecule has 0 bridgehead atoms. The lowest BCUT2D eigenvalue weighted by atomic mass is 9.85. The molecular formula is C33H16N2O2+2. The molecule has 3 aromatic heterocycles. The summed E-state index contributed by atoms with van der Waals surface area (Å²) in [7, 11) is 0. The molecule has 0 aliphatic carbocycles. The minimum absolute atomic E-state index is 0.557. The summed E-state index contributed by atoms with van der Waals surface area (Å²) < 4.78 is 17.5. The molecule has 0 amide bonds. The number of benzene rings is 5. The molecule has 0 radical (unpaired) electrons. The molecule has 1 unspecified atom stereocenters. The summed E-state index contributed by atoms with van der Waals surface area (Å²) in [6, 6.07) is 26.4. The summed E-state index contributed by atoms with van der Waals surface area (Å²) in [5.74, 6) is 1.86. The van der Waals surface area contributed by atoms with Crippen LogP contribution in [0.2, 0.25) is 0 Å². The van der Waals surface area contributed by atoms with Crippen molar-refractivity contribution in [1.29, 1.82) is 0 Å². The Hall–Kier alpha value is -4.96. The van der Waals surface area contributed by atoms with E-state index in [-0.39, 0.29) is 0 Å². The molecule has 0 fully saturated rings. The normalized spacial score (nSPS) is 18.1. The Morgan fingerprint density at radius 1 is 0.486 bits per heavy atom. The summed E-state index contributed by atoms with van der Waals surface area (Å²) in [4.78, 5) is 0. The van der Waals surface area contributed by atoms with E-state index in [9.17, 15) is 0 Å². The van der Waals surface area contributed by atoms with Crippen LogP contribution in [0.5, 0.6) is 11.5 Å². The topological polar surface area (TPSA) is 30.1 Å². The van der Waals surface area contributed by atoms with Crippen molar-refractivity contribution in [3.05, 3.63) is 109 Å². The summed E-state index contributed by atoms with van der Waals surface area (Å²) in [6.07, 6.45) is 8.29. The molecule has 4 nitrogen and oxygen atoms in total. The number of aromatic nitrogens is 2. The largest absolute Gasteiger partial charge is 0.471 e. The zero-order chi connectivity index (χ0) is 23.6. The van der Waals surface area contributed by atoms with E-state index in [4.69, 9.17) is 9.15 Å². The highest BCUT2D eigenvalue weighted by atomic mass is 16.5. The Morgan fingerprint density at radius 2 is 1.00 bits per heavy atom. The highest BCUT2D eigenvalue weighted by Gasteiger charge is 2.69. The van der Waals surface area contributed by atoms with E-state index < -0.39 is 5.66 Å². The summed E-state index contributed by atoms with van der Waals surface area (Å²) in [6.45, 7) is 0. The monoisotopic (exact) mass is 472 g/mol. The highest BCUT2D eigenvalue weighted by molar-refractivity contribution is 6.28. The van der Waals surface area contributed by atoms with Gasteiger partial charge in [-0.3, -0.25) is 0 Å². The molecule has 6 heterocycles. The van der Waals surface area contributed by atoms with E-state index >= 15 is 0 Å². The van der Waals surface area contributed by atoms with Crippen LogP contribution in [0.25, 0.3) is 64.9 Å². The van der Waals surface area contributed by atoms with E-state index in [0.29, 0.717) is 0 Å². The van der Waals surface area contributed by atoms with Crippen LogP contribution in [0.15, 0.2) is 102 Å². The van der Waals surface area contributed by atoms with E-state index in [1.54, 1.807) is 0 Å². The first-order chi connectivity index (χ1) is 18.4. The quantitative estimate of drug-likeness (QED) is 0.179. The van der Waals surface area contributed by atoms with Crippen molar-refractivity contribution in [3.8, 4) is 11.5 Å². The minimum atomic E-state index is -0.557. The van der Waals surface area contributed by atoms with Crippen LogP contribution in [0.3, 0.4) is 0 Å². The number of rotatable bonds is 0. The van der Waals surface area contributed by atoms with Gasteiger partial charge in [-0.2, -0.15) is 0 Å². The zero-order valence-corrected chi connectivity index (χ0v) is 19.4. The van der Waals surface area contributed by atoms with Crippen LogP contribution in [0, 0.1) is 0 Å². The fourth-order valence-electron chi connectivity index (χ4n) is 7.98. The molecule has 168 valence electrons. The summed E-state index contributed by atoms with van der Waals surface area (Å²) >= 11 is 0. The zero-order valence-electron chi connectivity index (χ0n) is 19.4. The molecule has 4 heteroatoms. The molecule has 11 rings (SSSR count). The van der Waals surface area contributed by atoms with Crippen LogP contribution in [0.4, 0.5) is 0 Å². The number of hydrogen-bond acceptors (Lipinski definition) is 2. The van der Waals surface area contributed by atoms with Gasteiger partial charge in [0.2, 0.25) is 11.0 Å². The number of hydrogen-bond donors (Lipinski definition) is 0. The third-order valence-corrected chi connectivity index (χ3v) is 9.16. The first-order valence-corrected chi connectivity index (χ1v) is 12.7. The van der Waals surface area contributed by atoms with Crippen LogP contribution in [-0.2, 0) is 5.66 Å². The minimum Gasteiger partial charge on any atom is -0.471 e. The van der Waals surface area contributed by atoms with Crippen molar-refractivity contribution in [2.45, 2.75) is 5.66 Å². The van der Waals surface area contributed by atoms with Crippen LogP contribution in [0.1, 0.15) is 11.1 Å². The van der Waals surface area contributed by atoms with E-state index in [2.05, 4.69) is 94.3 Å². The average molecular weight is 473 g/mol. The maximum atomic E-state index is 6.76. The van der Waals surface area contributed by atoms with Gasteiger partial charge in [0.05, 0.1) is 34.1 Å². The lowest BCUT2D eigenvalue weighted by Crippen LogP contribution is -2.72. The van der Waals surface area contributed by atoms with Gasteiger partial charge in [-0.05, 0) is 52.6 Å². The van der Waals surface area contributed by atoms with E-state index in [0.717, 1.165) is 22.3 Å². The SMILES string of the molecule is c1ccc2c(c1)c1ccc3c4c1c1c2ccc[n+]1C41c2c(ccc4c5cocc5c5ccc[n+]1c5c24)O3. The van der Waals surface area contributed by atoms with Gasteiger partial charge in [-0.25, -0.2) is 0 Å². The first-order valence-electron chi connectivity index (χ1n) is 12.7. The Kier molecular flexibility index (Phi) is 2.48. The third-order valence-electron chi connectivity index (χ3n) is 9.16. The molecule has 1 atom stereocenters. The maximum absolute atomic E-state index is 6.76. The van der Waals surface area contributed by atoms with Gasteiger partial charge in [0.1, 0.15) is 11.5 Å². The fourth-order valence-corrected chi connectivity index (χ4v) is 7.98. The van der Waals surface area contributed by atoms with Crippen molar-refractivity contribution < 1.29 is 18.3 Å². The number of furan rings is 1. The van der Waals surface area contributed by atoms with Gasteiger partial charge in [0.25, 0.3) is 0 Å². The fraction of sp³-hybridized carbons (Fsp3) is 0.0303. The second kappa shape index (κ2) is 5.25. The van der Waals surface area contributed by atoms with Gasteiger partial charge in [0.15, 0.2) is 23.5 Å². The lowest BCUT2D eigenvalue weighted by Gasteiger charge is -2.26. The number of ether oxygens (including phenoxy) is 1. The van der Waals surface area contributed by atoms with Gasteiger partial charge in [0, 0.05) is 28.3 Å². The molecule has 1 spiro atoms. The van der Waals surface area contributed by atoms with Crippen LogP contribution in [-0.4, -0.2) is 0 Å².